The maximum absolute atomic E-state index is 11.1. The number of hydrogen-bond donors (Lipinski definition) is 1. The molecule has 0 radical (unpaired) electrons. The Morgan fingerprint density at radius 2 is 2.15 bits per heavy atom. The smallest absolute Gasteiger partial charge is 0.337 e. The molecule has 0 aromatic heterocycles. The number of benzene rings is 1. The van der Waals surface area contributed by atoms with Crippen LogP contribution in [0.15, 0.2) is 18.2 Å². The standard InChI is InChI=1S/C8H7NO4/c1-11-8(10)5-2-3-6-7(4-5)13-9-12-6/h2-4,9H,1H3. The molecule has 13 heavy (non-hydrogen) atoms. The van der Waals surface area contributed by atoms with E-state index in [9.17, 15) is 4.79 Å². The van der Waals surface area contributed by atoms with Crippen molar-refractivity contribution in [2.75, 3.05) is 7.11 Å². The first kappa shape index (κ1) is 7.88. The van der Waals surface area contributed by atoms with Gasteiger partial charge in [0.25, 0.3) is 0 Å². The van der Waals surface area contributed by atoms with Crippen molar-refractivity contribution in [3.8, 4) is 11.5 Å². The van der Waals surface area contributed by atoms with Gasteiger partial charge in [0.15, 0.2) is 11.5 Å². The molecule has 0 amide bonds. The van der Waals surface area contributed by atoms with Crippen LogP contribution in [0.2, 0.25) is 0 Å². The second-order valence-corrected chi connectivity index (χ2v) is 2.44. The predicted molar refractivity (Wildman–Crippen MR) is 42.2 cm³/mol. The van der Waals surface area contributed by atoms with E-state index in [1.807, 2.05) is 0 Å². The average molecular weight is 181 g/mol. The minimum Gasteiger partial charge on any atom is -0.465 e. The van der Waals surface area contributed by atoms with E-state index in [1.54, 1.807) is 18.2 Å². The SMILES string of the molecule is COC(=O)c1ccc2c(c1)ONO2. The molecule has 5 heteroatoms. The molecule has 1 N–H and O–H groups in total. The highest BCUT2D eigenvalue weighted by Gasteiger charge is 2.16. The molecule has 68 valence electrons. The highest BCUT2D eigenvalue weighted by Crippen LogP contribution is 2.30. The fourth-order valence-corrected chi connectivity index (χ4v) is 1.03. The summed E-state index contributed by atoms with van der Waals surface area (Å²) in [7, 11) is 1.32. The monoisotopic (exact) mass is 181 g/mol. The fraction of sp³-hybridized carbons (Fsp3) is 0.125. The topological polar surface area (TPSA) is 56.8 Å². The molecule has 0 aliphatic carbocycles. The first-order chi connectivity index (χ1) is 6.31. The summed E-state index contributed by atoms with van der Waals surface area (Å²) >= 11 is 0. The van der Waals surface area contributed by atoms with Crippen molar-refractivity contribution in [2.24, 2.45) is 0 Å². The average Bonchev–Trinajstić information content (AvgIpc) is 2.63. The summed E-state index contributed by atoms with van der Waals surface area (Å²) in [4.78, 5) is 20.8. The van der Waals surface area contributed by atoms with Crippen LogP contribution >= 0.6 is 0 Å². The summed E-state index contributed by atoms with van der Waals surface area (Å²) in [5, 5.41) is 0. The zero-order valence-electron chi connectivity index (χ0n) is 6.87. The summed E-state index contributed by atoms with van der Waals surface area (Å²) in [6.07, 6.45) is 0. The Morgan fingerprint density at radius 3 is 2.92 bits per heavy atom. The summed E-state index contributed by atoms with van der Waals surface area (Å²) in [5.41, 5.74) is 2.64. The minimum absolute atomic E-state index is 0.404. The van der Waals surface area contributed by atoms with Crippen molar-refractivity contribution in [3.05, 3.63) is 23.8 Å². The summed E-state index contributed by atoms with van der Waals surface area (Å²) in [5.74, 6) is 0.619. The van der Waals surface area contributed by atoms with Crippen LogP contribution < -0.4 is 15.3 Å². The number of esters is 1. The number of rotatable bonds is 1. The van der Waals surface area contributed by atoms with E-state index in [4.69, 9.17) is 9.68 Å². The van der Waals surface area contributed by atoms with Gasteiger partial charge in [-0.25, -0.2) is 4.79 Å². The number of fused-ring (bicyclic) bond motifs is 1. The van der Waals surface area contributed by atoms with E-state index < -0.39 is 5.97 Å². The molecule has 2 rings (SSSR count). The molecule has 0 spiro atoms. The van der Waals surface area contributed by atoms with Gasteiger partial charge >= 0.3 is 5.97 Å². The van der Waals surface area contributed by atoms with E-state index in [-0.39, 0.29) is 0 Å². The maximum Gasteiger partial charge on any atom is 0.337 e. The third kappa shape index (κ3) is 1.29. The van der Waals surface area contributed by atoms with Crippen LogP contribution in [0.4, 0.5) is 0 Å². The zero-order valence-corrected chi connectivity index (χ0v) is 6.87. The van der Waals surface area contributed by atoms with Gasteiger partial charge in [0.05, 0.1) is 12.7 Å². The molecular formula is C8H7NO4. The fourth-order valence-electron chi connectivity index (χ4n) is 1.03. The quantitative estimate of drug-likeness (QED) is 0.645. The van der Waals surface area contributed by atoms with Crippen molar-refractivity contribution in [3.63, 3.8) is 0 Å². The Labute approximate surface area is 74.1 Å². The van der Waals surface area contributed by atoms with Crippen LogP contribution in [0.1, 0.15) is 10.4 Å². The minimum atomic E-state index is -0.404. The van der Waals surface area contributed by atoms with E-state index in [2.05, 4.69) is 10.4 Å². The van der Waals surface area contributed by atoms with E-state index >= 15 is 0 Å². The number of hydrogen-bond acceptors (Lipinski definition) is 5. The molecule has 0 unspecified atom stereocenters. The first-order valence-corrected chi connectivity index (χ1v) is 3.62. The van der Waals surface area contributed by atoms with Crippen LogP contribution in [0, 0.1) is 0 Å². The lowest BCUT2D eigenvalue weighted by Gasteiger charge is -1.98. The Morgan fingerprint density at radius 1 is 1.38 bits per heavy atom. The van der Waals surface area contributed by atoms with Gasteiger partial charge in [-0.2, -0.15) is 0 Å². The van der Waals surface area contributed by atoms with Crippen LogP contribution in [-0.2, 0) is 4.74 Å². The summed E-state index contributed by atoms with van der Waals surface area (Å²) in [6.45, 7) is 0. The number of methoxy groups -OCH3 is 1. The Hall–Kier alpha value is -1.75. The van der Waals surface area contributed by atoms with E-state index in [0.29, 0.717) is 17.1 Å². The molecule has 1 heterocycles. The second-order valence-electron chi connectivity index (χ2n) is 2.44. The molecule has 0 fully saturated rings. The van der Waals surface area contributed by atoms with E-state index in [1.165, 1.54) is 7.11 Å². The van der Waals surface area contributed by atoms with Crippen LogP contribution in [0.25, 0.3) is 0 Å². The summed E-state index contributed by atoms with van der Waals surface area (Å²) in [6, 6.07) is 4.77. The lowest BCUT2D eigenvalue weighted by molar-refractivity contribution is 0.0259. The largest absolute Gasteiger partial charge is 0.465 e. The third-order valence-corrected chi connectivity index (χ3v) is 1.67. The van der Waals surface area contributed by atoms with Crippen molar-refractivity contribution in [2.45, 2.75) is 0 Å². The van der Waals surface area contributed by atoms with Gasteiger partial charge in [-0.05, 0) is 12.1 Å². The zero-order chi connectivity index (χ0) is 9.26. The number of nitrogens with one attached hydrogen (secondary N) is 1. The molecule has 5 nitrogen and oxygen atoms in total. The Kier molecular flexibility index (Phi) is 1.79. The van der Waals surface area contributed by atoms with Crippen LogP contribution in [-0.4, -0.2) is 13.1 Å². The van der Waals surface area contributed by atoms with Gasteiger partial charge in [0.2, 0.25) is 0 Å². The first-order valence-electron chi connectivity index (χ1n) is 3.62. The van der Waals surface area contributed by atoms with Gasteiger partial charge in [-0.1, -0.05) is 0 Å². The number of carbonyl (C=O) groups is 1. The van der Waals surface area contributed by atoms with Crippen molar-refractivity contribution >= 4 is 5.97 Å². The van der Waals surface area contributed by atoms with Crippen LogP contribution in [0.5, 0.6) is 11.5 Å². The molecule has 1 aliphatic heterocycles. The van der Waals surface area contributed by atoms with Gasteiger partial charge in [-0.3, -0.25) is 0 Å². The summed E-state index contributed by atoms with van der Waals surface area (Å²) < 4.78 is 4.54. The van der Waals surface area contributed by atoms with Gasteiger partial charge in [0, 0.05) is 11.7 Å². The highest BCUT2D eigenvalue weighted by molar-refractivity contribution is 5.90. The molecule has 0 saturated carbocycles. The molecule has 1 aromatic carbocycles. The predicted octanol–water partition coefficient (Wildman–Crippen LogP) is 0.664. The lowest BCUT2D eigenvalue weighted by atomic mass is 10.2. The highest BCUT2D eigenvalue weighted by atomic mass is 16.9. The van der Waals surface area contributed by atoms with Crippen molar-refractivity contribution < 1.29 is 19.2 Å². The molecule has 0 saturated heterocycles. The molecule has 1 aromatic rings. The molecule has 0 bridgehead atoms. The Balaban J connectivity index is 2.36. The third-order valence-electron chi connectivity index (χ3n) is 1.67. The van der Waals surface area contributed by atoms with Crippen molar-refractivity contribution in [1.29, 1.82) is 0 Å². The second kappa shape index (κ2) is 2.95. The molecule has 1 aliphatic rings. The number of ether oxygens (including phenoxy) is 1. The van der Waals surface area contributed by atoms with Crippen LogP contribution in [0.3, 0.4) is 0 Å². The van der Waals surface area contributed by atoms with Gasteiger partial charge in [0.1, 0.15) is 0 Å². The molecule has 0 atom stereocenters. The lowest BCUT2D eigenvalue weighted by Crippen LogP contribution is -2.14. The van der Waals surface area contributed by atoms with Gasteiger partial charge < -0.3 is 14.4 Å². The normalized spacial score (nSPS) is 12.7. The van der Waals surface area contributed by atoms with Gasteiger partial charge in [-0.15, -0.1) is 0 Å². The van der Waals surface area contributed by atoms with E-state index in [0.717, 1.165) is 0 Å². The maximum atomic E-state index is 11.1. The van der Waals surface area contributed by atoms with Crippen molar-refractivity contribution in [1.82, 2.24) is 5.64 Å². The Bertz CT molecular complexity index is 350. The molecular weight excluding hydrogens is 174 g/mol. The number of carbonyl (C=O) groups excluding carboxylic acids is 1.